The van der Waals surface area contributed by atoms with Crippen LogP contribution in [0.25, 0.3) is 0 Å². The first-order chi connectivity index (χ1) is 17.2. The molecule has 2 N–H and O–H groups in total. The predicted octanol–water partition coefficient (Wildman–Crippen LogP) is 4.61. The Morgan fingerprint density at radius 1 is 1.03 bits per heavy atom. The maximum atomic E-state index is 12.3. The van der Waals surface area contributed by atoms with E-state index in [0.29, 0.717) is 17.7 Å². The molecule has 0 radical (unpaired) electrons. The topological polar surface area (TPSA) is 102 Å². The molecule has 3 rings (SSSR count). The van der Waals surface area contributed by atoms with E-state index in [-0.39, 0.29) is 18.3 Å². The summed E-state index contributed by atoms with van der Waals surface area (Å²) in [6.45, 7) is 12.3. The maximum absolute atomic E-state index is 12.3. The van der Waals surface area contributed by atoms with Crippen LogP contribution in [-0.4, -0.2) is 52.2 Å². The summed E-state index contributed by atoms with van der Waals surface area (Å²) in [7, 11) is 0. The number of carbonyl (C=O) groups is 2. The molecular weight excluding hydrogens is 472 g/mol. The van der Waals surface area contributed by atoms with Gasteiger partial charge in [-0.25, -0.2) is 0 Å². The van der Waals surface area contributed by atoms with Crippen LogP contribution in [0, 0.1) is 23.2 Å². The summed E-state index contributed by atoms with van der Waals surface area (Å²) in [5.74, 6) is -1.22. The Hall–Kier alpha value is -2.64. The van der Waals surface area contributed by atoms with Crippen LogP contribution in [0.15, 0.2) is 54.1 Å². The fraction of sp³-hybridized carbons (Fsp3) is 0.600. The Labute approximate surface area is 220 Å². The molecule has 1 aromatic rings. The fourth-order valence-corrected chi connectivity index (χ4v) is 5.74. The molecule has 1 saturated carbocycles. The Morgan fingerprint density at radius 2 is 1.65 bits per heavy atom. The van der Waals surface area contributed by atoms with Crippen LogP contribution in [0.1, 0.15) is 61.3 Å². The molecule has 7 nitrogen and oxygen atoms in total. The number of benzene rings is 1. The largest absolute Gasteiger partial charge is 0.489 e. The van der Waals surface area contributed by atoms with Crippen molar-refractivity contribution >= 4 is 11.9 Å². The highest BCUT2D eigenvalue weighted by atomic mass is 16.6. The molecule has 0 heterocycles. The molecule has 2 aliphatic rings. The number of aliphatic hydroxyl groups is 2. The molecule has 1 aromatic carbocycles. The molecule has 3 unspecified atom stereocenters. The summed E-state index contributed by atoms with van der Waals surface area (Å²) in [6, 6.07) is 9.41. The van der Waals surface area contributed by atoms with Crippen molar-refractivity contribution in [3.63, 3.8) is 0 Å². The minimum Gasteiger partial charge on any atom is -0.489 e. The van der Waals surface area contributed by atoms with Gasteiger partial charge in [-0.3, -0.25) is 9.59 Å². The van der Waals surface area contributed by atoms with E-state index < -0.39 is 53.3 Å². The van der Waals surface area contributed by atoms with Gasteiger partial charge in [-0.2, -0.15) is 0 Å². The number of ether oxygens (including phenoxy) is 3. The third-order valence-electron chi connectivity index (χ3n) is 7.79. The number of fused-ring (bicyclic) bond motifs is 1. The quantitative estimate of drug-likeness (QED) is 0.447. The predicted molar refractivity (Wildman–Crippen MR) is 141 cm³/mol. The Kier molecular flexibility index (Phi) is 8.91. The SMILES string of the molecule is CC(=O)OC1CC(O)/C(C)=C/[C@H]2[C@@H](Oc3ccccc3)[C@@H](C)C[C@]2(O)C(OC(C)=O)[C@@H](C)/C=C/C1(C)C. The van der Waals surface area contributed by atoms with E-state index in [9.17, 15) is 19.8 Å². The van der Waals surface area contributed by atoms with Gasteiger partial charge in [-0.1, -0.05) is 64.1 Å². The molecule has 0 spiro atoms. The summed E-state index contributed by atoms with van der Waals surface area (Å²) >= 11 is 0. The number of hydrogen-bond donors (Lipinski definition) is 2. The first-order valence-electron chi connectivity index (χ1n) is 13.1. The molecule has 7 heteroatoms. The second-order valence-corrected chi connectivity index (χ2v) is 11.4. The van der Waals surface area contributed by atoms with Crippen molar-refractivity contribution in [2.24, 2.45) is 23.2 Å². The average Bonchev–Trinajstić information content (AvgIpc) is 3.04. The molecule has 1 fully saturated rings. The van der Waals surface area contributed by atoms with Gasteiger partial charge >= 0.3 is 11.9 Å². The number of carbonyl (C=O) groups excluding carboxylic acids is 2. The molecule has 0 bridgehead atoms. The lowest BCUT2D eigenvalue weighted by molar-refractivity contribution is -0.173. The van der Waals surface area contributed by atoms with Gasteiger partial charge in [0.1, 0.15) is 29.7 Å². The smallest absolute Gasteiger partial charge is 0.303 e. The average molecular weight is 515 g/mol. The first kappa shape index (κ1) is 28.9. The molecule has 204 valence electrons. The minimum atomic E-state index is -1.44. The Morgan fingerprint density at radius 3 is 2.24 bits per heavy atom. The molecule has 37 heavy (non-hydrogen) atoms. The summed E-state index contributed by atoms with van der Waals surface area (Å²) in [4.78, 5) is 24.1. The number of hydrogen-bond acceptors (Lipinski definition) is 7. The summed E-state index contributed by atoms with van der Waals surface area (Å²) in [5.41, 5.74) is -1.43. The van der Waals surface area contributed by atoms with E-state index in [1.54, 1.807) is 6.92 Å². The Bertz CT molecular complexity index is 1010. The third kappa shape index (κ3) is 6.63. The molecule has 0 aromatic heterocycles. The lowest BCUT2D eigenvalue weighted by atomic mass is 9.75. The van der Waals surface area contributed by atoms with Gasteiger partial charge in [0, 0.05) is 37.5 Å². The standard InChI is InChI=1S/C30H42O7/c1-18-13-14-29(6,7)26(35-21(4)31)16-25(33)19(2)15-24-27(37-23-11-9-8-10-12-23)20(3)17-30(24,34)28(18)36-22(5)32/h8-15,18,20,24-28,33-34H,16-17H2,1-7H3/b14-13+,19-15+/t18-,20-,24-,25?,26?,27-,28?,30+/m0/s1. The molecule has 8 atom stereocenters. The van der Waals surface area contributed by atoms with Crippen molar-refractivity contribution in [2.75, 3.05) is 0 Å². The van der Waals surface area contributed by atoms with E-state index in [1.165, 1.54) is 13.8 Å². The molecule has 0 saturated heterocycles. The van der Waals surface area contributed by atoms with Crippen molar-refractivity contribution in [3.05, 3.63) is 54.1 Å². The van der Waals surface area contributed by atoms with Crippen molar-refractivity contribution in [3.8, 4) is 5.75 Å². The van der Waals surface area contributed by atoms with Crippen LogP contribution in [0.2, 0.25) is 0 Å². The minimum absolute atomic E-state index is 0.0685. The van der Waals surface area contributed by atoms with Crippen LogP contribution < -0.4 is 4.74 Å². The van der Waals surface area contributed by atoms with E-state index in [0.717, 1.165) is 0 Å². The molecule has 2 aliphatic carbocycles. The summed E-state index contributed by atoms with van der Waals surface area (Å²) in [6.07, 6.45) is 3.44. The van der Waals surface area contributed by atoms with Gasteiger partial charge in [0.2, 0.25) is 0 Å². The number of rotatable bonds is 4. The highest BCUT2D eigenvalue weighted by Gasteiger charge is 2.58. The van der Waals surface area contributed by atoms with Crippen molar-refractivity contribution in [1.29, 1.82) is 0 Å². The zero-order valence-electron chi connectivity index (χ0n) is 23.0. The van der Waals surface area contributed by atoms with Crippen LogP contribution in [0.3, 0.4) is 0 Å². The number of esters is 2. The van der Waals surface area contributed by atoms with Crippen LogP contribution >= 0.6 is 0 Å². The van der Waals surface area contributed by atoms with Crippen molar-refractivity contribution in [1.82, 2.24) is 0 Å². The van der Waals surface area contributed by atoms with Crippen molar-refractivity contribution in [2.45, 2.75) is 91.3 Å². The van der Waals surface area contributed by atoms with Crippen LogP contribution in [0.4, 0.5) is 0 Å². The zero-order valence-corrected chi connectivity index (χ0v) is 23.0. The van der Waals surface area contributed by atoms with Gasteiger partial charge in [0.05, 0.1) is 6.10 Å². The molecule has 0 aliphatic heterocycles. The van der Waals surface area contributed by atoms with Crippen LogP contribution in [0.5, 0.6) is 5.75 Å². The van der Waals surface area contributed by atoms with E-state index in [2.05, 4.69) is 0 Å². The second-order valence-electron chi connectivity index (χ2n) is 11.4. The first-order valence-corrected chi connectivity index (χ1v) is 13.1. The highest BCUT2D eigenvalue weighted by Crippen LogP contribution is 2.48. The lowest BCUT2D eigenvalue weighted by Crippen LogP contribution is -2.52. The number of aliphatic hydroxyl groups excluding tert-OH is 1. The molecular formula is C30H42O7. The summed E-state index contributed by atoms with van der Waals surface area (Å²) < 4.78 is 17.9. The molecule has 0 amide bonds. The Balaban J connectivity index is 2.14. The van der Waals surface area contributed by atoms with Gasteiger partial charge in [0.15, 0.2) is 0 Å². The van der Waals surface area contributed by atoms with Crippen molar-refractivity contribution < 1.29 is 34.0 Å². The van der Waals surface area contributed by atoms with Gasteiger partial charge in [-0.05, 0) is 37.0 Å². The van der Waals surface area contributed by atoms with Crippen LogP contribution in [-0.2, 0) is 19.1 Å². The third-order valence-corrected chi connectivity index (χ3v) is 7.79. The van der Waals surface area contributed by atoms with Gasteiger partial charge in [0.25, 0.3) is 0 Å². The lowest BCUT2D eigenvalue weighted by Gasteiger charge is -2.41. The monoisotopic (exact) mass is 514 g/mol. The van der Waals surface area contributed by atoms with E-state index >= 15 is 0 Å². The second kappa shape index (κ2) is 11.4. The maximum Gasteiger partial charge on any atom is 0.303 e. The van der Waals surface area contributed by atoms with E-state index in [4.69, 9.17) is 14.2 Å². The number of para-hydroxylation sites is 1. The fourth-order valence-electron chi connectivity index (χ4n) is 5.74. The van der Waals surface area contributed by atoms with E-state index in [1.807, 2.05) is 76.3 Å². The van der Waals surface area contributed by atoms with Gasteiger partial charge in [-0.15, -0.1) is 0 Å². The summed E-state index contributed by atoms with van der Waals surface area (Å²) in [5, 5.41) is 23.5. The normalized spacial score (nSPS) is 38.1. The van der Waals surface area contributed by atoms with Gasteiger partial charge < -0.3 is 24.4 Å². The highest BCUT2D eigenvalue weighted by molar-refractivity contribution is 5.66. The zero-order chi connectivity index (χ0) is 27.5.